The zero-order chi connectivity index (χ0) is 17.0. The van der Waals surface area contributed by atoms with Gasteiger partial charge in [-0.15, -0.1) is 22.0 Å². The molecule has 1 aromatic carbocycles. The maximum atomic E-state index is 11.8. The molecule has 1 aromatic heterocycles. The van der Waals surface area contributed by atoms with Crippen LogP contribution in [0.4, 0.5) is 10.8 Å². The number of nitro groups is 1. The predicted octanol–water partition coefficient (Wildman–Crippen LogP) is 1.58. The van der Waals surface area contributed by atoms with E-state index in [9.17, 15) is 19.7 Å². The van der Waals surface area contributed by atoms with Crippen LogP contribution < -0.4 is 11.1 Å². The Morgan fingerprint density at radius 1 is 1.43 bits per heavy atom. The number of rotatable bonds is 6. The fourth-order valence-electron chi connectivity index (χ4n) is 1.58. The molecule has 2 aromatic rings. The second-order valence-corrected chi connectivity index (χ2v) is 6.47. The molecule has 0 fully saturated rings. The summed E-state index contributed by atoms with van der Waals surface area (Å²) in [6.45, 7) is 1.76. The Kier molecular flexibility index (Phi) is 5.24. The molecule has 11 heteroatoms. The summed E-state index contributed by atoms with van der Waals surface area (Å²) >= 11 is 2.21. The Bertz CT molecular complexity index is 777. The number of carbonyl (C=O) groups excluding carboxylic acids is 2. The molecule has 23 heavy (non-hydrogen) atoms. The van der Waals surface area contributed by atoms with E-state index in [2.05, 4.69) is 15.5 Å². The van der Waals surface area contributed by atoms with Gasteiger partial charge in [0.2, 0.25) is 16.9 Å². The van der Waals surface area contributed by atoms with E-state index < -0.39 is 10.8 Å². The number of carbonyl (C=O) groups is 2. The standard InChI is InChI=1S/C12H11N5O4S2/c1-6-15-16-12(23-6)14-10(18)5-22-9-3-2-7(11(13)19)4-8(9)17(20)21/h2-4H,5H2,1H3,(H2,13,19)(H,14,16,18). The van der Waals surface area contributed by atoms with E-state index in [1.165, 1.54) is 23.5 Å². The number of aryl methyl sites for hydroxylation is 1. The van der Waals surface area contributed by atoms with Crippen molar-refractivity contribution in [1.29, 1.82) is 0 Å². The highest BCUT2D eigenvalue weighted by molar-refractivity contribution is 8.00. The molecule has 0 saturated carbocycles. The summed E-state index contributed by atoms with van der Waals surface area (Å²) in [6, 6.07) is 3.87. The Hall–Kier alpha value is -2.53. The molecule has 0 unspecified atom stereocenters. The van der Waals surface area contributed by atoms with Gasteiger partial charge in [-0.1, -0.05) is 11.3 Å². The topological polar surface area (TPSA) is 141 Å². The average Bonchev–Trinajstić information content (AvgIpc) is 2.89. The van der Waals surface area contributed by atoms with Gasteiger partial charge in [0.15, 0.2) is 0 Å². The van der Waals surface area contributed by atoms with E-state index in [1.54, 1.807) is 6.92 Å². The van der Waals surface area contributed by atoms with Gasteiger partial charge < -0.3 is 5.73 Å². The van der Waals surface area contributed by atoms with Crippen LogP contribution in [0.15, 0.2) is 23.1 Å². The van der Waals surface area contributed by atoms with Crippen LogP contribution in [0, 0.1) is 17.0 Å². The molecular formula is C12H11N5O4S2. The number of anilines is 1. The van der Waals surface area contributed by atoms with Crippen molar-refractivity contribution in [2.45, 2.75) is 11.8 Å². The summed E-state index contributed by atoms with van der Waals surface area (Å²) in [5, 5.41) is 22.2. The lowest BCUT2D eigenvalue weighted by atomic mass is 10.2. The second kappa shape index (κ2) is 7.15. The monoisotopic (exact) mass is 353 g/mol. The minimum Gasteiger partial charge on any atom is -0.366 e. The van der Waals surface area contributed by atoms with Gasteiger partial charge >= 0.3 is 0 Å². The highest BCUT2D eigenvalue weighted by Crippen LogP contribution is 2.30. The summed E-state index contributed by atoms with van der Waals surface area (Å²) in [5.74, 6) is -1.16. The van der Waals surface area contributed by atoms with Crippen molar-refractivity contribution in [1.82, 2.24) is 10.2 Å². The van der Waals surface area contributed by atoms with Crippen LogP contribution in [0.25, 0.3) is 0 Å². The number of benzene rings is 1. The molecule has 1 heterocycles. The first-order chi connectivity index (χ1) is 10.9. The summed E-state index contributed by atoms with van der Waals surface area (Å²) in [6.07, 6.45) is 0. The third kappa shape index (κ3) is 4.47. The van der Waals surface area contributed by atoms with Gasteiger partial charge in [0.1, 0.15) is 5.01 Å². The van der Waals surface area contributed by atoms with Crippen molar-refractivity contribution in [3.05, 3.63) is 38.9 Å². The van der Waals surface area contributed by atoms with Gasteiger partial charge in [0.05, 0.1) is 15.6 Å². The molecule has 0 atom stereocenters. The van der Waals surface area contributed by atoms with E-state index in [0.29, 0.717) is 10.1 Å². The summed E-state index contributed by atoms with van der Waals surface area (Å²) < 4.78 is 0. The fourth-order valence-corrected chi connectivity index (χ4v) is 2.99. The van der Waals surface area contributed by atoms with Gasteiger partial charge in [-0.3, -0.25) is 25.0 Å². The van der Waals surface area contributed by atoms with Crippen LogP contribution in [0.3, 0.4) is 0 Å². The fraction of sp³-hybridized carbons (Fsp3) is 0.167. The summed E-state index contributed by atoms with van der Waals surface area (Å²) in [7, 11) is 0. The number of nitro benzene ring substituents is 1. The Morgan fingerprint density at radius 2 is 2.17 bits per heavy atom. The van der Waals surface area contributed by atoms with Gasteiger partial charge in [-0.05, 0) is 19.1 Å². The molecule has 0 bridgehead atoms. The van der Waals surface area contributed by atoms with Crippen LogP contribution in [-0.4, -0.2) is 32.7 Å². The molecular weight excluding hydrogens is 342 g/mol. The van der Waals surface area contributed by atoms with Gasteiger partial charge in [0.25, 0.3) is 5.69 Å². The van der Waals surface area contributed by atoms with Crippen molar-refractivity contribution in [2.75, 3.05) is 11.1 Å². The molecule has 3 N–H and O–H groups in total. The summed E-state index contributed by atoms with van der Waals surface area (Å²) in [4.78, 5) is 33.6. The molecule has 120 valence electrons. The predicted molar refractivity (Wildman–Crippen MR) is 85.6 cm³/mol. The molecule has 2 amide bonds. The third-order valence-corrected chi connectivity index (χ3v) is 4.39. The summed E-state index contributed by atoms with van der Waals surface area (Å²) in [5.41, 5.74) is 4.86. The van der Waals surface area contributed by atoms with Crippen LogP contribution in [0.5, 0.6) is 0 Å². The Labute approximate surface area is 138 Å². The Balaban J connectivity index is 2.06. The molecule has 0 radical (unpaired) electrons. The third-order valence-electron chi connectivity index (χ3n) is 2.57. The average molecular weight is 353 g/mol. The van der Waals surface area contributed by atoms with Crippen molar-refractivity contribution >= 4 is 45.7 Å². The van der Waals surface area contributed by atoms with Crippen molar-refractivity contribution in [3.63, 3.8) is 0 Å². The number of amides is 2. The van der Waals surface area contributed by atoms with Crippen LogP contribution in [-0.2, 0) is 4.79 Å². The number of aromatic nitrogens is 2. The van der Waals surface area contributed by atoms with E-state index >= 15 is 0 Å². The lowest BCUT2D eigenvalue weighted by Gasteiger charge is -2.04. The normalized spacial score (nSPS) is 10.3. The first kappa shape index (κ1) is 16.8. The van der Waals surface area contributed by atoms with E-state index in [1.807, 2.05) is 0 Å². The largest absolute Gasteiger partial charge is 0.366 e. The number of primary amides is 1. The number of nitrogens with one attached hydrogen (secondary N) is 1. The number of hydrogen-bond acceptors (Lipinski definition) is 8. The van der Waals surface area contributed by atoms with Gasteiger partial charge in [-0.2, -0.15) is 0 Å². The minimum absolute atomic E-state index is 0.0369. The van der Waals surface area contributed by atoms with Crippen molar-refractivity contribution in [2.24, 2.45) is 5.73 Å². The molecule has 0 aliphatic carbocycles. The first-order valence-electron chi connectivity index (χ1n) is 6.18. The number of thioether (sulfide) groups is 1. The van der Waals surface area contributed by atoms with Crippen molar-refractivity contribution in [3.8, 4) is 0 Å². The lowest BCUT2D eigenvalue weighted by Crippen LogP contribution is -2.14. The first-order valence-corrected chi connectivity index (χ1v) is 7.98. The lowest BCUT2D eigenvalue weighted by molar-refractivity contribution is -0.387. The number of nitrogens with two attached hydrogens (primary N) is 1. The Morgan fingerprint density at radius 3 is 2.74 bits per heavy atom. The van der Waals surface area contributed by atoms with E-state index in [0.717, 1.165) is 17.8 Å². The number of hydrogen-bond donors (Lipinski definition) is 2. The van der Waals surface area contributed by atoms with Gasteiger partial charge in [-0.25, -0.2) is 0 Å². The van der Waals surface area contributed by atoms with Crippen LogP contribution in [0.1, 0.15) is 15.4 Å². The second-order valence-electron chi connectivity index (χ2n) is 4.27. The van der Waals surface area contributed by atoms with E-state index in [4.69, 9.17) is 5.73 Å². The van der Waals surface area contributed by atoms with E-state index in [-0.39, 0.29) is 27.8 Å². The number of nitrogens with zero attached hydrogens (tertiary/aromatic N) is 3. The molecule has 9 nitrogen and oxygen atoms in total. The van der Waals surface area contributed by atoms with Crippen LogP contribution in [0.2, 0.25) is 0 Å². The SMILES string of the molecule is Cc1nnc(NC(=O)CSc2ccc(C(N)=O)cc2[N+](=O)[O-])s1. The minimum atomic E-state index is -0.756. The highest BCUT2D eigenvalue weighted by Gasteiger charge is 2.18. The molecule has 0 aliphatic heterocycles. The molecule has 0 aliphatic rings. The highest BCUT2D eigenvalue weighted by atomic mass is 32.2. The molecule has 0 saturated heterocycles. The maximum absolute atomic E-state index is 11.8. The zero-order valence-corrected chi connectivity index (χ0v) is 13.4. The molecule has 0 spiro atoms. The quantitative estimate of drug-likeness (QED) is 0.456. The molecule has 2 rings (SSSR count). The zero-order valence-electron chi connectivity index (χ0n) is 11.8. The van der Waals surface area contributed by atoms with Crippen LogP contribution >= 0.6 is 23.1 Å². The maximum Gasteiger partial charge on any atom is 0.283 e. The smallest absolute Gasteiger partial charge is 0.283 e. The van der Waals surface area contributed by atoms with Gasteiger partial charge in [0, 0.05) is 11.6 Å². The van der Waals surface area contributed by atoms with Crippen molar-refractivity contribution < 1.29 is 14.5 Å².